The highest BCUT2D eigenvalue weighted by Crippen LogP contribution is 2.24. The lowest BCUT2D eigenvalue weighted by atomic mass is 10.0. The average molecular weight is 210 g/mol. The van der Waals surface area contributed by atoms with Gasteiger partial charge >= 0.3 is 0 Å². The summed E-state index contributed by atoms with van der Waals surface area (Å²) in [6, 6.07) is 0.534. The smallest absolute Gasteiger partial charge is 0.222 e. The molecule has 1 N–H and O–H groups in total. The Labute approximate surface area is 92.2 Å². The zero-order valence-corrected chi connectivity index (χ0v) is 9.67. The maximum atomic E-state index is 12.0. The summed E-state index contributed by atoms with van der Waals surface area (Å²) in [5, 5.41) is 3.32. The minimum Gasteiger partial charge on any atom is -0.343 e. The fourth-order valence-corrected chi connectivity index (χ4v) is 2.77. The molecule has 3 nitrogen and oxygen atoms in total. The molecule has 0 aromatic rings. The minimum absolute atomic E-state index is 0.357. The minimum atomic E-state index is 0.357. The highest BCUT2D eigenvalue weighted by molar-refractivity contribution is 5.76. The van der Waals surface area contributed by atoms with E-state index in [1.165, 1.54) is 32.1 Å². The molecule has 0 bridgehead atoms. The highest BCUT2D eigenvalue weighted by atomic mass is 16.2. The molecule has 1 amide bonds. The van der Waals surface area contributed by atoms with Gasteiger partial charge in [-0.25, -0.2) is 0 Å². The SMILES string of the molecule is CN(C(=O)CC1CCNC1)C1CCCC1. The van der Waals surface area contributed by atoms with Gasteiger partial charge in [0.2, 0.25) is 5.91 Å². The van der Waals surface area contributed by atoms with Gasteiger partial charge in [-0.3, -0.25) is 4.79 Å². The molecule has 3 heteroatoms. The van der Waals surface area contributed by atoms with E-state index in [1.54, 1.807) is 0 Å². The summed E-state index contributed by atoms with van der Waals surface area (Å²) >= 11 is 0. The summed E-state index contributed by atoms with van der Waals surface area (Å²) in [4.78, 5) is 14.0. The third kappa shape index (κ3) is 2.71. The van der Waals surface area contributed by atoms with Gasteiger partial charge in [-0.1, -0.05) is 12.8 Å². The van der Waals surface area contributed by atoms with Crippen molar-refractivity contribution in [2.24, 2.45) is 5.92 Å². The second kappa shape index (κ2) is 4.97. The van der Waals surface area contributed by atoms with E-state index in [1.807, 2.05) is 11.9 Å². The second-order valence-corrected chi connectivity index (χ2v) is 5.01. The topological polar surface area (TPSA) is 32.3 Å². The van der Waals surface area contributed by atoms with Gasteiger partial charge in [-0.05, 0) is 38.3 Å². The summed E-state index contributed by atoms with van der Waals surface area (Å²) in [6.07, 6.45) is 6.95. The normalized spacial score (nSPS) is 27.1. The Morgan fingerprint density at radius 3 is 2.67 bits per heavy atom. The van der Waals surface area contributed by atoms with Crippen LogP contribution in [0.5, 0.6) is 0 Å². The summed E-state index contributed by atoms with van der Waals surface area (Å²) in [7, 11) is 1.99. The van der Waals surface area contributed by atoms with Crippen molar-refractivity contribution >= 4 is 5.91 Å². The van der Waals surface area contributed by atoms with Gasteiger partial charge in [-0.2, -0.15) is 0 Å². The van der Waals surface area contributed by atoms with Crippen LogP contribution in [0.3, 0.4) is 0 Å². The monoisotopic (exact) mass is 210 g/mol. The van der Waals surface area contributed by atoms with Crippen LogP contribution in [-0.2, 0) is 4.79 Å². The number of nitrogens with one attached hydrogen (secondary N) is 1. The van der Waals surface area contributed by atoms with Crippen LogP contribution in [0.15, 0.2) is 0 Å². The summed E-state index contributed by atoms with van der Waals surface area (Å²) < 4.78 is 0. The summed E-state index contributed by atoms with van der Waals surface area (Å²) in [5.41, 5.74) is 0. The van der Waals surface area contributed by atoms with Crippen LogP contribution in [-0.4, -0.2) is 37.0 Å². The Hall–Kier alpha value is -0.570. The van der Waals surface area contributed by atoms with Gasteiger partial charge in [0.25, 0.3) is 0 Å². The van der Waals surface area contributed by atoms with Gasteiger partial charge in [0.05, 0.1) is 0 Å². The van der Waals surface area contributed by atoms with Crippen molar-refractivity contribution in [1.82, 2.24) is 10.2 Å². The number of rotatable bonds is 3. The molecule has 86 valence electrons. The Kier molecular flexibility index (Phi) is 3.62. The highest BCUT2D eigenvalue weighted by Gasteiger charge is 2.26. The number of amides is 1. The van der Waals surface area contributed by atoms with Gasteiger partial charge in [0.15, 0.2) is 0 Å². The van der Waals surface area contributed by atoms with Gasteiger partial charge in [0.1, 0.15) is 0 Å². The average Bonchev–Trinajstić information content (AvgIpc) is 2.88. The quantitative estimate of drug-likeness (QED) is 0.763. The number of hydrogen-bond acceptors (Lipinski definition) is 2. The zero-order valence-electron chi connectivity index (χ0n) is 9.67. The van der Waals surface area contributed by atoms with E-state index in [-0.39, 0.29) is 0 Å². The molecule has 1 unspecified atom stereocenters. The van der Waals surface area contributed by atoms with E-state index in [4.69, 9.17) is 0 Å². The predicted octanol–water partition coefficient (Wildman–Crippen LogP) is 1.39. The van der Waals surface area contributed by atoms with Gasteiger partial charge < -0.3 is 10.2 Å². The van der Waals surface area contributed by atoms with Crippen LogP contribution in [0.4, 0.5) is 0 Å². The van der Waals surface area contributed by atoms with Crippen molar-refractivity contribution in [1.29, 1.82) is 0 Å². The van der Waals surface area contributed by atoms with Crippen molar-refractivity contribution in [2.45, 2.75) is 44.6 Å². The largest absolute Gasteiger partial charge is 0.343 e. The number of nitrogens with zero attached hydrogens (tertiary/aromatic N) is 1. The summed E-state index contributed by atoms with van der Waals surface area (Å²) in [5.74, 6) is 0.942. The first-order valence-electron chi connectivity index (χ1n) is 6.24. The molecule has 1 heterocycles. The molecule has 0 aromatic carbocycles. The molecule has 1 saturated heterocycles. The van der Waals surface area contributed by atoms with Crippen molar-refractivity contribution in [3.8, 4) is 0 Å². The molecule has 1 aliphatic carbocycles. The Balaban J connectivity index is 1.78. The molecule has 1 aliphatic heterocycles. The van der Waals surface area contributed by atoms with Crippen molar-refractivity contribution < 1.29 is 4.79 Å². The molecule has 0 spiro atoms. The Bertz CT molecular complexity index is 218. The fraction of sp³-hybridized carbons (Fsp3) is 0.917. The van der Waals surface area contributed by atoms with Crippen molar-refractivity contribution in [2.75, 3.05) is 20.1 Å². The first-order valence-corrected chi connectivity index (χ1v) is 6.24. The summed E-state index contributed by atoms with van der Waals surface area (Å²) in [6.45, 7) is 2.12. The molecule has 1 saturated carbocycles. The molecule has 0 aromatic heterocycles. The maximum absolute atomic E-state index is 12.0. The van der Waals surface area contributed by atoms with Crippen LogP contribution >= 0.6 is 0 Å². The fourth-order valence-electron chi connectivity index (χ4n) is 2.77. The van der Waals surface area contributed by atoms with Crippen molar-refractivity contribution in [3.63, 3.8) is 0 Å². The Morgan fingerprint density at radius 2 is 2.07 bits per heavy atom. The van der Waals surface area contributed by atoms with Crippen LogP contribution in [0.25, 0.3) is 0 Å². The number of carbonyl (C=O) groups is 1. The molecule has 15 heavy (non-hydrogen) atoms. The zero-order chi connectivity index (χ0) is 10.7. The lowest BCUT2D eigenvalue weighted by Gasteiger charge is -2.25. The maximum Gasteiger partial charge on any atom is 0.222 e. The standard InChI is InChI=1S/C12H22N2O/c1-14(11-4-2-3-5-11)12(15)8-10-6-7-13-9-10/h10-11,13H,2-9H2,1H3. The second-order valence-electron chi connectivity index (χ2n) is 5.01. The van der Waals surface area contributed by atoms with Crippen LogP contribution < -0.4 is 5.32 Å². The molecular formula is C12H22N2O. The lowest BCUT2D eigenvalue weighted by molar-refractivity contribution is -0.132. The van der Waals surface area contributed by atoms with Crippen molar-refractivity contribution in [3.05, 3.63) is 0 Å². The molecular weight excluding hydrogens is 188 g/mol. The van der Waals surface area contributed by atoms with Crippen LogP contribution in [0.2, 0.25) is 0 Å². The number of carbonyl (C=O) groups excluding carboxylic acids is 1. The first kappa shape index (κ1) is 10.9. The lowest BCUT2D eigenvalue weighted by Crippen LogP contribution is -2.36. The molecule has 2 fully saturated rings. The predicted molar refractivity (Wildman–Crippen MR) is 60.6 cm³/mol. The van der Waals surface area contributed by atoms with Gasteiger partial charge in [-0.15, -0.1) is 0 Å². The molecule has 0 radical (unpaired) electrons. The van der Waals surface area contributed by atoms with Gasteiger partial charge in [0, 0.05) is 19.5 Å². The van der Waals surface area contributed by atoms with Crippen LogP contribution in [0.1, 0.15) is 38.5 Å². The molecule has 2 aliphatic rings. The van der Waals surface area contributed by atoms with E-state index < -0.39 is 0 Å². The van der Waals surface area contributed by atoms with Crippen LogP contribution in [0, 0.1) is 5.92 Å². The van der Waals surface area contributed by atoms with E-state index in [0.717, 1.165) is 19.5 Å². The van der Waals surface area contributed by atoms with E-state index in [9.17, 15) is 4.79 Å². The molecule has 1 atom stereocenters. The van der Waals surface area contributed by atoms with E-state index in [2.05, 4.69) is 5.32 Å². The van der Waals surface area contributed by atoms with E-state index in [0.29, 0.717) is 17.9 Å². The van der Waals surface area contributed by atoms with E-state index >= 15 is 0 Å². The first-order chi connectivity index (χ1) is 7.27. The third-order valence-electron chi connectivity index (χ3n) is 3.89. The number of hydrogen-bond donors (Lipinski definition) is 1. The molecule has 2 rings (SSSR count). The third-order valence-corrected chi connectivity index (χ3v) is 3.89. The Morgan fingerprint density at radius 1 is 1.33 bits per heavy atom.